The van der Waals surface area contributed by atoms with Gasteiger partial charge in [-0.1, -0.05) is 17.3 Å². The first-order valence-corrected chi connectivity index (χ1v) is 8.50. The van der Waals surface area contributed by atoms with E-state index in [0.29, 0.717) is 18.1 Å². The van der Waals surface area contributed by atoms with Crippen LogP contribution in [0.15, 0.2) is 53.6 Å². The number of aromatic nitrogens is 2. The summed E-state index contributed by atoms with van der Waals surface area (Å²) in [7, 11) is 0. The lowest BCUT2D eigenvalue weighted by Gasteiger charge is -2.26. The van der Waals surface area contributed by atoms with Crippen LogP contribution in [0.2, 0.25) is 0 Å². The summed E-state index contributed by atoms with van der Waals surface area (Å²) < 4.78 is 5.45. The Balaban J connectivity index is 1.88. The highest BCUT2D eigenvalue weighted by atomic mass is 127. The molecule has 1 aliphatic rings. The van der Waals surface area contributed by atoms with Crippen molar-refractivity contribution in [2.45, 2.75) is 17.0 Å². The number of fused-ring (bicyclic) bond motifs is 1. The van der Waals surface area contributed by atoms with Crippen molar-refractivity contribution in [2.75, 3.05) is 11.9 Å². The van der Waals surface area contributed by atoms with Gasteiger partial charge in [0.1, 0.15) is 15.8 Å². The van der Waals surface area contributed by atoms with Crippen LogP contribution in [-0.2, 0) is 4.74 Å². The number of nitrogens with one attached hydrogen (secondary N) is 1. The molecule has 7 nitrogen and oxygen atoms in total. The summed E-state index contributed by atoms with van der Waals surface area (Å²) in [5.41, 5.74) is 10.8. The Morgan fingerprint density at radius 3 is 3.04 bits per heavy atom. The fraction of sp³-hybridized carbons (Fsp3) is 0.250. The van der Waals surface area contributed by atoms with E-state index in [1.54, 1.807) is 12.1 Å². The normalized spacial score (nSPS) is 19.7. The highest BCUT2D eigenvalue weighted by Crippen LogP contribution is 2.32. The molecular formula is C16H15IN6O. The molecule has 1 N–H and O–H groups in total. The highest BCUT2D eigenvalue weighted by molar-refractivity contribution is 14.1. The second-order valence-electron chi connectivity index (χ2n) is 5.15. The fourth-order valence-corrected chi connectivity index (χ4v) is 3.15. The van der Waals surface area contributed by atoms with Crippen molar-refractivity contribution < 1.29 is 4.74 Å². The average Bonchev–Trinajstić information content (AvgIpc) is 2.58. The third kappa shape index (κ3) is 3.66. The van der Waals surface area contributed by atoms with E-state index in [9.17, 15) is 0 Å². The molecule has 0 saturated heterocycles. The Hall–Kier alpha value is -2.16. The molecule has 1 heterocycles. The predicted molar refractivity (Wildman–Crippen MR) is 102 cm³/mol. The quantitative estimate of drug-likeness (QED) is 0.236. The van der Waals surface area contributed by atoms with Crippen molar-refractivity contribution in [3.05, 3.63) is 58.9 Å². The van der Waals surface area contributed by atoms with E-state index in [-0.39, 0.29) is 3.61 Å². The smallest absolute Gasteiger partial charge is 0.141 e. The SMILES string of the molecule is CCOC1(I)C=CC(Nc2ncnc3ccc(N=[N+]=[N-])cc23)=CC1. The molecule has 0 radical (unpaired) electrons. The van der Waals surface area contributed by atoms with E-state index < -0.39 is 0 Å². The number of rotatable bonds is 5. The maximum Gasteiger partial charge on any atom is 0.141 e. The molecule has 1 aliphatic carbocycles. The molecule has 8 heteroatoms. The molecule has 1 aromatic heterocycles. The molecule has 0 saturated carbocycles. The maximum atomic E-state index is 8.60. The molecule has 2 aromatic rings. The number of hydrogen-bond donors (Lipinski definition) is 1. The van der Waals surface area contributed by atoms with Crippen LogP contribution in [0.4, 0.5) is 11.5 Å². The topological polar surface area (TPSA) is 95.8 Å². The van der Waals surface area contributed by atoms with Gasteiger partial charge in [-0.15, -0.1) is 0 Å². The van der Waals surface area contributed by atoms with Crippen LogP contribution in [0.1, 0.15) is 13.3 Å². The number of benzene rings is 1. The van der Waals surface area contributed by atoms with Gasteiger partial charge in [0.15, 0.2) is 0 Å². The van der Waals surface area contributed by atoms with E-state index in [4.69, 9.17) is 10.3 Å². The Morgan fingerprint density at radius 2 is 2.33 bits per heavy atom. The lowest BCUT2D eigenvalue weighted by Crippen LogP contribution is -2.24. The number of allylic oxidation sites excluding steroid dienone is 1. The molecule has 122 valence electrons. The van der Waals surface area contributed by atoms with Gasteiger partial charge >= 0.3 is 0 Å². The molecule has 1 atom stereocenters. The summed E-state index contributed by atoms with van der Waals surface area (Å²) in [5, 5.41) is 7.74. The van der Waals surface area contributed by atoms with Gasteiger partial charge in [-0.25, -0.2) is 9.97 Å². The Bertz CT molecular complexity index is 874. The molecule has 1 aromatic carbocycles. The summed E-state index contributed by atoms with van der Waals surface area (Å²) in [6.07, 6.45) is 8.37. The minimum absolute atomic E-state index is 0.292. The third-order valence-electron chi connectivity index (χ3n) is 3.54. The number of halogens is 1. The zero-order valence-corrected chi connectivity index (χ0v) is 15.1. The number of alkyl halides is 1. The van der Waals surface area contributed by atoms with Gasteiger partial charge < -0.3 is 10.1 Å². The summed E-state index contributed by atoms with van der Waals surface area (Å²) in [5.74, 6) is 0.670. The van der Waals surface area contributed by atoms with Crippen molar-refractivity contribution in [3.8, 4) is 0 Å². The Morgan fingerprint density at radius 1 is 1.46 bits per heavy atom. The van der Waals surface area contributed by atoms with Crippen LogP contribution >= 0.6 is 22.6 Å². The highest BCUT2D eigenvalue weighted by Gasteiger charge is 2.24. The Kier molecular flexibility index (Phi) is 4.98. The number of anilines is 1. The third-order valence-corrected chi connectivity index (χ3v) is 4.65. The van der Waals surface area contributed by atoms with Gasteiger partial charge in [-0.05, 0) is 59.3 Å². The van der Waals surface area contributed by atoms with Gasteiger partial charge in [-0.3, -0.25) is 0 Å². The van der Waals surface area contributed by atoms with Crippen LogP contribution in [0.5, 0.6) is 0 Å². The zero-order chi connectivity index (χ0) is 17.0. The van der Waals surface area contributed by atoms with Gasteiger partial charge in [-0.2, -0.15) is 0 Å². The summed E-state index contributed by atoms with van der Waals surface area (Å²) in [4.78, 5) is 11.4. The van der Waals surface area contributed by atoms with Crippen molar-refractivity contribution in [1.29, 1.82) is 0 Å². The number of azide groups is 1. The van der Waals surface area contributed by atoms with E-state index in [1.807, 2.05) is 25.1 Å². The zero-order valence-electron chi connectivity index (χ0n) is 13.0. The van der Waals surface area contributed by atoms with E-state index >= 15 is 0 Å². The first-order chi connectivity index (χ1) is 11.6. The average molecular weight is 434 g/mol. The number of nitrogens with zero attached hydrogens (tertiary/aromatic N) is 5. The van der Waals surface area contributed by atoms with Crippen molar-refractivity contribution in [2.24, 2.45) is 5.11 Å². The second kappa shape index (κ2) is 7.16. The first kappa shape index (κ1) is 16.7. The first-order valence-electron chi connectivity index (χ1n) is 7.43. The van der Waals surface area contributed by atoms with Crippen LogP contribution in [-0.4, -0.2) is 20.2 Å². The molecule has 0 bridgehead atoms. The van der Waals surface area contributed by atoms with Gasteiger partial charge in [0, 0.05) is 34.7 Å². The van der Waals surface area contributed by atoms with Crippen LogP contribution in [0.3, 0.4) is 0 Å². The second-order valence-corrected chi connectivity index (χ2v) is 6.98. The summed E-state index contributed by atoms with van der Waals surface area (Å²) in [6, 6.07) is 5.31. The Labute approximate surface area is 152 Å². The fourth-order valence-electron chi connectivity index (χ4n) is 2.43. The molecule has 24 heavy (non-hydrogen) atoms. The molecule has 0 spiro atoms. The monoisotopic (exact) mass is 434 g/mol. The van der Waals surface area contributed by atoms with Gasteiger partial charge in [0.2, 0.25) is 0 Å². The van der Waals surface area contributed by atoms with E-state index in [2.05, 4.69) is 54.0 Å². The predicted octanol–water partition coefficient (Wildman–Crippen LogP) is 5.00. The maximum absolute atomic E-state index is 8.60. The standard InChI is InChI=1S/C16H15IN6O/c1-2-24-16(17)7-5-11(6-8-16)21-15-13-9-12(22-23-18)3-4-14(13)19-10-20-15/h3-7,9-10H,2,8H2,1H3,(H,19,20,21). The van der Waals surface area contributed by atoms with Gasteiger partial charge in [0.25, 0.3) is 0 Å². The lowest BCUT2D eigenvalue weighted by molar-refractivity contribution is 0.0844. The van der Waals surface area contributed by atoms with Crippen molar-refractivity contribution >= 4 is 45.0 Å². The minimum Gasteiger partial charge on any atom is -0.361 e. The summed E-state index contributed by atoms with van der Waals surface area (Å²) >= 11 is 2.31. The molecule has 0 fully saturated rings. The minimum atomic E-state index is -0.292. The molecule has 0 aliphatic heterocycles. The van der Waals surface area contributed by atoms with E-state index in [1.165, 1.54) is 6.33 Å². The number of hydrogen-bond acceptors (Lipinski definition) is 5. The van der Waals surface area contributed by atoms with E-state index in [0.717, 1.165) is 23.0 Å². The molecule has 0 amide bonds. The van der Waals surface area contributed by atoms with Crippen LogP contribution in [0.25, 0.3) is 21.3 Å². The van der Waals surface area contributed by atoms with Gasteiger partial charge in [0.05, 0.1) is 5.52 Å². The molecule has 3 rings (SSSR count). The molecular weight excluding hydrogens is 419 g/mol. The van der Waals surface area contributed by atoms with Crippen molar-refractivity contribution in [3.63, 3.8) is 0 Å². The molecule has 1 unspecified atom stereocenters. The van der Waals surface area contributed by atoms with Crippen molar-refractivity contribution in [1.82, 2.24) is 9.97 Å². The number of ether oxygens (including phenoxy) is 1. The van der Waals surface area contributed by atoms with Crippen LogP contribution < -0.4 is 5.32 Å². The van der Waals surface area contributed by atoms with Crippen LogP contribution in [0, 0.1) is 0 Å². The lowest BCUT2D eigenvalue weighted by atomic mass is 10.1. The largest absolute Gasteiger partial charge is 0.361 e. The summed E-state index contributed by atoms with van der Waals surface area (Å²) in [6.45, 7) is 2.66.